The van der Waals surface area contributed by atoms with E-state index >= 15 is 0 Å². The van der Waals surface area contributed by atoms with Gasteiger partial charge in [0, 0.05) is 11.4 Å². The highest BCUT2D eigenvalue weighted by Gasteiger charge is 2.46. The average Bonchev–Trinajstić information content (AvgIpc) is 3.29. The van der Waals surface area contributed by atoms with Crippen molar-refractivity contribution in [2.24, 2.45) is 0 Å². The highest BCUT2D eigenvalue weighted by atomic mass is 16.5. The molecule has 210 valence electrons. The molecule has 6 aromatic rings. The Morgan fingerprint density at radius 1 is 0.419 bits per heavy atom. The van der Waals surface area contributed by atoms with Gasteiger partial charge in [-0.25, -0.2) is 0 Å². The highest BCUT2D eigenvalue weighted by Crippen LogP contribution is 2.57. The largest absolute Gasteiger partial charge is 0.455 e. The number of benzene rings is 6. The van der Waals surface area contributed by atoms with Crippen LogP contribution in [0.5, 0.6) is 23.0 Å². The summed E-state index contributed by atoms with van der Waals surface area (Å²) in [5.41, 5.74) is 33.1. The molecular formula is C37H30N4O2. The molecule has 0 spiro atoms. The average molecular weight is 563 g/mol. The lowest BCUT2D eigenvalue weighted by atomic mass is 9.67. The van der Waals surface area contributed by atoms with Crippen LogP contribution in [0.1, 0.15) is 22.3 Å². The van der Waals surface area contributed by atoms with E-state index in [4.69, 9.17) is 32.4 Å². The Kier molecular flexibility index (Phi) is 6.17. The lowest BCUT2D eigenvalue weighted by molar-refractivity contribution is 0.482. The van der Waals surface area contributed by atoms with Gasteiger partial charge in [-0.1, -0.05) is 60.7 Å². The van der Waals surface area contributed by atoms with Gasteiger partial charge in [0.15, 0.2) is 0 Å². The zero-order valence-electron chi connectivity index (χ0n) is 23.3. The van der Waals surface area contributed by atoms with E-state index in [0.29, 0.717) is 45.7 Å². The van der Waals surface area contributed by atoms with Crippen LogP contribution in [0.2, 0.25) is 0 Å². The Morgan fingerprint density at radius 3 is 1.30 bits per heavy atom. The Labute approximate surface area is 250 Å². The third-order valence-corrected chi connectivity index (χ3v) is 8.01. The van der Waals surface area contributed by atoms with E-state index < -0.39 is 5.41 Å². The fourth-order valence-electron chi connectivity index (χ4n) is 6.14. The molecule has 6 aromatic carbocycles. The smallest absolute Gasteiger partial charge is 0.150 e. The Bertz CT molecular complexity index is 1860. The van der Waals surface area contributed by atoms with Crippen LogP contribution in [-0.4, -0.2) is 0 Å². The maximum atomic E-state index is 6.35. The lowest BCUT2D eigenvalue weighted by Crippen LogP contribution is -2.28. The second-order valence-electron chi connectivity index (χ2n) is 10.7. The Hall–Kier alpha value is -5.88. The first kappa shape index (κ1) is 26.0. The topological polar surface area (TPSA) is 123 Å². The minimum Gasteiger partial charge on any atom is -0.455 e. The van der Waals surface area contributed by atoms with Crippen molar-refractivity contribution in [1.29, 1.82) is 0 Å². The van der Waals surface area contributed by atoms with E-state index in [0.717, 1.165) is 33.4 Å². The molecular weight excluding hydrogens is 532 g/mol. The molecule has 0 atom stereocenters. The van der Waals surface area contributed by atoms with Crippen molar-refractivity contribution in [1.82, 2.24) is 0 Å². The summed E-state index contributed by atoms with van der Waals surface area (Å²) in [6, 6.07) is 43.3. The number of rotatable bonds is 6. The molecule has 0 unspecified atom stereocenters. The normalized spacial score (nSPS) is 12.7. The van der Waals surface area contributed by atoms with Gasteiger partial charge in [0.1, 0.15) is 23.0 Å². The Balaban J connectivity index is 1.47. The van der Waals surface area contributed by atoms with Gasteiger partial charge in [-0.15, -0.1) is 0 Å². The van der Waals surface area contributed by atoms with E-state index in [1.807, 2.05) is 97.1 Å². The molecule has 8 N–H and O–H groups in total. The summed E-state index contributed by atoms with van der Waals surface area (Å²) in [6.45, 7) is 0. The van der Waals surface area contributed by atoms with Crippen LogP contribution in [0.25, 0.3) is 11.1 Å². The second-order valence-corrected chi connectivity index (χ2v) is 10.7. The van der Waals surface area contributed by atoms with Crippen LogP contribution in [0, 0.1) is 0 Å². The summed E-state index contributed by atoms with van der Waals surface area (Å²) in [5, 5.41) is 0. The minimum absolute atomic E-state index is 0.565. The number of hydrogen-bond acceptors (Lipinski definition) is 6. The molecule has 1 aliphatic rings. The van der Waals surface area contributed by atoms with Gasteiger partial charge in [-0.2, -0.15) is 0 Å². The predicted molar refractivity (Wildman–Crippen MR) is 174 cm³/mol. The number of hydrogen-bond donors (Lipinski definition) is 4. The predicted octanol–water partition coefficient (Wildman–Crippen LogP) is 7.96. The van der Waals surface area contributed by atoms with E-state index in [1.165, 1.54) is 0 Å². The zero-order valence-corrected chi connectivity index (χ0v) is 23.3. The minimum atomic E-state index is -0.741. The molecule has 7 rings (SSSR count). The zero-order chi connectivity index (χ0) is 29.6. The number of nitrogens with two attached hydrogens (primary N) is 4. The molecule has 0 aliphatic heterocycles. The van der Waals surface area contributed by atoms with Crippen LogP contribution in [0.3, 0.4) is 0 Å². The van der Waals surface area contributed by atoms with Gasteiger partial charge < -0.3 is 32.4 Å². The summed E-state index contributed by atoms with van der Waals surface area (Å²) < 4.78 is 12.6. The van der Waals surface area contributed by atoms with Crippen molar-refractivity contribution in [3.63, 3.8) is 0 Å². The molecule has 0 saturated carbocycles. The fourth-order valence-corrected chi connectivity index (χ4v) is 6.14. The lowest BCUT2D eigenvalue weighted by Gasteiger charge is -2.34. The van der Waals surface area contributed by atoms with Gasteiger partial charge in [-0.05, 0) is 106 Å². The third kappa shape index (κ3) is 4.37. The van der Waals surface area contributed by atoms with Crippen LogP contribution >= 0.6 is 0 Å². The number of para-hydroxylation sites is 4. The third-order valence-electron chi connectivity index (χ3n) is 8.01. The van der Waals surface area contributed by atoms with Crippen molar-refractivity contribution >= 4 is 22.7 Å². The van der Waals surface area contributed by atoms with Gasteiger partial charge >= 0.3 is 0 Å². The quantitative estimate of drug-likeness (QED) is 0.153. The first-order chi connectivity index (χ1) is 20.9. The molecule has 43 heavy (non-hydrogen) atoms. The molecule has 0 aromatic heterocycles. The van der Waals surface area contributed by atoms with Crippen molar-refractivity contribution in [3.05, 3.63) is 156 Å². The van der Waals surface area contributed by atoms with Gasteiger partial charge in [0.05, 0.1) is 16.8 Å². The van der Waals surface area contributed by atoms with Gasteiger partial charge in [-0.3, -0.25) is 0 Å². The summed E-state index contributed by atoms with van der Waals surface area (Å²) >= 11 is 0. The highest BCUT2D eigenvalue weighted by molar-refractivity contribution is 5.89. The van der Waals surface area contributed by atoms with Crippen LogP contribution < -0.4 is 32.4 Å². The Morgan fingerprint density at radius 2 is 0.860 bits per heavy atom. The molecule has 6 nitrogen and oxygen atoms in total. The molecule has 1 aliphatic carbocycles. The van der Waals surface area contributed by atoms with Crippen LogP contribution in [0.4, 0.5) is 22.7 Å². The monoisotopic (exact) mass is 562 g/mol. The summed E-state index contributed by atoms with van der Waals surface area (Å²) in [7, 11) is 0. The number of nitrogen functional groups attached to an aromatic ring is 4. The first-order valence-corrected chi connectivity index (χ1v) is 14.0. The first-order valence-electron chi connectivity index (χ1n) is 14.0. The molecule has 0 bridgehead atoms. The maximum absolute atomic E-state index is 6.35. The van der Waals surface area contributed by atoms with Crippen LogP contribution in [0.15, 0.2) is 133 Å². The molecule has 0 radical (unpaired) electrons. The SMILES string of the molecule is Nc1ccc2c(c1)-c1cc(N)ccc1C2(c1cccc(Oc2ccccc2N)c1)c1cccc(Oc2ccccc2N)c1. The number of anilines is 4. The number of fused-ring (bicyclic) bond motifs is 3. The molecule has 0 saturated heterocycles. The van der Waals surface area contributed by atoms with E-state index in [2.05, 4.69) is 36.4 Å². The molecule has 0 heterocycles. The summed E-state index contributed by atoms with van der Waals surface area (Å²) in [5.74, 6) is 2.52. The van der Waals surface area contributed by atoms with Crippen molar-refractivity contribution in [2.75, 3.05) is 22.9 Å². The standard InChI is InChI=1S/C37H30N4O2/c38-25-15-17-31-29(21-25)30-22-26(39)16-18-32(30)37(31,23-7-5-9-27(19-23)42-35-13-3-1-11-33(35)40)24-8-6-10-28(20-24)43-36-14-4-2-12-34(36)41/h1-22H,38-41H2. The molecule has 0 fully saturated rings. The second kappa shape index (κ2) is 10.2. The van der Waals surface area contributed by atoms with Crippen molar-refractivity contribution in [2.45, 2.75) is 5.41 Å². The number of ether oxygens (including phenoxy) is 2. The van der Waals surface area contributed by atoms with Crippen molar-refractivity contribution in [3.8, 4) is 34.1 Å². The van der Waals surface area contributed by atoms with E-state index in [9.17, 15) is 0 Å². The molecule has 6 heteroatoms. The van der Waals surface area contributed by atoms with Crippen molar-refractivity contribution < 1.29 is 9.47 Å². The summed E-state index contributed by atoms with van der Waals surface area (Å²) in [4.78, 5) is 0. The molecule has 0 amide bonds. The van der Waals surface area contributed by atoms with Crippen LogP contribution in [-0.2, 0) is 5.41 Å². The fraction of sp³-hybridized carbons (Fsp3) is 0.0270. The van der Waals surface area contributed by atoms with E-state index in [1.54, 1.807) is 0 Å². The van der Waals surface area contributed by atoms with Gasteiger partial charge in [0.2, 0.25) is 0 Å². The summed E-state index contributed by atoms with van der Waals surface area (Å²) in [6.07, 6.45) is 0. The van der Waals surface area contributed by atoms with E-state index in [-0.39, 0.29) is 0 Å². The van der Waals surface area contributed by atoms with Gasteiger partial charge in [0.25, 0.3) is 0 Å². The maximum Gasteiger partial charge on any atom is 0.150 e.